The number of nitrogens with one attached hydrogen (secondary N) is 1. The number of anilines is 1. The molecule has 0 fully saturated rings. The molecule has 0 aliphatic rings. The second-order valence-electron chi connectivity index (χ2n) is 4.78. The van der Waals surface area contributed by atoms with Gasteiger partial charge in [-0.15, -0.1) is 0 Å². The smallest absolute Gasteiger partial charge is 0.0314 e. The zero-order chi connectivity index (χ0) is 13.0. The minimum atomic E-state index is 0.813. The molecule has 0 unspecified atom stereocenters. The summed E-state index contributed by atoms with van der Waals surface area (Å²) >= 11 is 0. The fourth-order valence-corrected chi connectivity index (χ4v) is 2.02. The van der Waals surface area contributed by atoms with E-state index in [9.17, 15) is 0 Å². The van der Waals surface area contributed by atoms with Crippen LogP contribution in [0.15, 0.2) is 42.5 Å². The predicted molar refractivity (Wildman–Crippen MR) is 77.3 cm³/mol. The Morgan fingerprint density at radius 1 is 0.944 bits per heavy atom. The summed E-state index contributed by atoms with van der Waals surface area (Å²) in [5, 5.41) is 3.46. The second kappa shape index (κ2) is 5.69. The Morgan fingerprint density at radius 2 is 1.67 bits per heavy atom. The van der Waals surface area contributed by atoms with Crippen molar-refractivity contribution >= 4 is 5.69 Å². The first-order chi connectivity index (χ1) is 8.65. The van der Waals surface area contributed by atoms with Gasteiger partial charge in [0.25, 0.3) is 0 Å². The Balaban J connectivity index is 1.90. The first kappa shape index (κ1) is 12.7. The summed E-state index contributed by atoms with van der Waals surface area (Å²) in [5.74, 6) is 0. The molecular weight excluding hydrogens is 220 g/mol. The maximum absolute atomic E-state index is 5.66. The molecule has 0 spiro atoms. The van der Waals surface area contributed by atoms with E-state index in [0.717, 1.165) is 18.8 Å². The third-order valence-corrected chi connectivity index (χ3v) is 3.12. The zero-order valence-corrected chi connectivity index (χ0v) is 11.0. The van der Waals surface area contributed by atoms with Crippen molar-refractivity contribution in [3.63, 3.8) is 0 Å². The molecule has 3 N–H and O–H groups in total. The zero-order valence-electron chi connectivity index (χ0n) is 11.0. The van der Waals surface area contributed by atoms with Crippen LogP contribution in [0.25, 0.3) is 0 Å². The molecule has 2 aromatic rings. The van der Waals surface area contributed by atoms with Gasteiger partial charge in [0.05, 0.1) is 0 Å². The normalized spacial score (nSPS) is 10.6. The molecule has 0 aromatic heterocycles. The van der Waals surface area contributed by atoms with Gasteiger partial charge in [0.15, 0.2) is 0 Å². The molecule has 2 heteroatoms. The number of hydrogen-bond donors (Lipinski definition) is 2. The molecule has 18 heavy (non-hydrogen) atoms. The van der Waals surface area contributed by atoms with Crippen LogP contribution < -0.4 is 11.1 Å². The number of nitrogens with two attached hydrogens (primary N) is 1. The average Bonchev–Trinajstić information content (AvgIpc) is 2.34. The average molecular weight is 240 g/mol. The summed E-state index contributed by atoms with van der Waals surface area (Å²) in [4.78, 5) is 0. The molecule has 0 aliphatic carbocycles. The number of aryl methyl sites for hydroxylation is 2. The van der Waals surface area contributed by atoms with Crippen molar-refractivity contribution in [2.45, 2.75) is 26.9 Å². The van der Waals surface area contributed by atoms with E-state index in [-0.39, 0.29) is 0 Å². The van der Waals surface area contributed by atoms with Crippen LogP contribution in [0.4, 0.5) is 5.69 Å². The highest BCUT2D eigenvalue weighted by Crippen LogP contribution is 2.11. The Bertz CT molecular complexity index is 515. The molecule has 2 nitrogen and oxygen atoms in total. The molecule has 0 radical (unpaired) electrons. The highest BCUT2D eigenvalue weighted by Gasteiger charge is 1.98. The van der Waals surface area contributed by atoms with E-state index in [1.807, 2.05) is 12.1 Å². The number of hydrogen-bond acceptors (Lipinski definition) is 2. The number of rotatable bonds is 4. The van der Waals surface area contributed by atoms with Crippen molar-refractivity contribution in [3.8, 4) is 0 Å². The van der Waals surface area contributed by atoms with Crippen LogP contribution in [0.2, 0.25) is 0 Å². The van der Waals surface area contributed by atoms with E-state index in [1.54, 1.807) is 0 Å². The van der Waals surface area contributed by atoms with E-state index in [1.165, 1.54) is 22.3 Å². The van der Waals surface area contributed by atoms with Crippen LogP contribution in [0, 0.1) is 13.8 Å². The van der Waals surface area contributed by atoms with Gasteiger partial charge in [0.1, 0.15) is 0 Å². The quantitative estimate of drug-likeness (QED) is 0.806. The van der Waals surface area contributed by atoms with Crippen LogP contribution in [-0.2, 0) is 13.1 Å². The molecule has 94 valence electrons. The van der Waals surface area contributed by atoms with Gasteiger partial charge in [0.2, 0.25) is 0 Å². The molecule has 0 saturated carbocycles. The van der Waals surface area contributed by atoms with Gasteiger partial charge in [-0.3, -0.25) is 0 Å². The van der Waals surface area contributed by atoms with E-state index in [4.69, 9.17) is 5.73 Å². The van der Waals surface area contributed by atoms with Gasteiger partial charge < -0.3 is 11.1 Å². The molecule has 0 saturated heterocycles. The SMILES string of the molecule is Cc1ccc(CNCc2ccc(N)cc2)c(C)c1. The van der Waals surface area contributed by atoms with E-state index in [2.05, 4.69) is 49.5 Å². The van der Waals surface area contributed by atoms with Crippen LogP contribution in [-0.4, -0.2) is 0 Å². The summed E-state index contributed by atoms with van der Waals surface area (Å²) in [6.45, 7) is 6.05. The largest absolute Gasteiger partial charge is 0.399 e. The Hall–Kier alpha value is -1.80. The van der Waals surface area contributed by atoms with Crippen molar-refractivity contribution < 1.29 is 0 Å². The monoisotopic (exact) mass is 240 g/mol. The van der Waals surface area contributed by atoms with E-state index < -0.39 is 0 Å². The van der Waals surface area contributed by atoms with Crippen LogP contribution in [0.1, 0.15) is 22.3 Å². The summed E-state index contributed by atoms with van der Waals surface area (Å²) in [5.41, 5.74) is 11.8. The van der Waals surface area contributed by atoms with Crippen molar-refractivity contribution in [1.29, 1.82) is 0 Å². The first-order valence-corrected chi connectivity index (χ1v) is 6.26. The second-order valence-corrected chi connectivity index (χ2v) is 4.78. The lowest BCUT2D eigenvalue weighted by atomic mass is 10.1. The Kier molecular flexibility index (Phi) is 4.00. The van der Waals surface area contributed by atoms with Crippen molar-refractivity contribution in [1.82, 2.24) is 5.32 Å². The molecule has 0 heterocycles. The van der Waals surface area contributed by atoms with Crippen LogP contribution >= 0.6 is 0 Å². The van der Waals surface area contributed by atoms with Gasteiger partial charge in [-0.25, -0.2) is 0 Å². The summed E-state index contributed by atoms with van der Waals surface area (Å²) in [7, 11) is 0. The molecule has 0 bridgehead atoms. The topological polar surface area (TPSA) is 38.0 Å². The highest BCUT2D eigenvalue weighted by molar-refractivity contribution is 5.39. The summed E-state index contributed by atoms with van der Waals surface area (Å²) in [6, 6.07) is 14.6. The predicted octanol–water partition coefficient (Wildman–Crippen LogP) is 3.18. The van der Waals surface area contributed by atoms with Crippen molar-refractivity contribution in [2.75, 3.05) is 5.73 Å². The Labute approximate surface area is 109 Å². The van der Waals surface area contributed by atoms with Gasteiger partial charge >= 0.3 is 0 Å². The highest BCUT2D eigenvalue weighted by atomic mass is 14.8. The molecule has 0 amide bonds. The van der Waals surface area contributed by atoms with Gasteiger partial charge in [-0.05, 0) is 42.7 Å². The maximum Gasteiger partial charge on any atom is 0.0314 e. The lowest BCUT2D eigenvalue weighted by molar-refractivity contribution is 0.690. The Morgan fingerprint density at radius 3 is 2.33 bits per heavy atom. The lowest BCUT2D eigenvalue weighted by Crippen LogP contribution is -2.13. The fraction of sp³-hybridized carbons (Fsp3) is 0.250. The number of benzene rings is 2. The maximum atomic E-state index is 5.66. The molecular formula is C16H20N2. The van der Waals surface area contributed by atoms with Crippen molar-refractivity contribution in [2.24, 2.45) is 0 Å². The first-order valence-electron chi connectivity index (χ1n) is 6.26. The molecule has 0 atom stereocenters. The standard InChI is InChI=1S/C16H20N2/c1-12-3-6-15(13(2)9-12)11-18-10-14-4-7-16(17)8-5-14/h3-9,18H,10-11,17H2,1-2H3. The minimum Gasteiger partial charge on any atom is -0.399 e. The number of nitrogen functional groups attached to an aromatic ring is 1. The van der Waals surface area contributed by atoms with E-state index in [0.29, 0.717) is 0 Å². The molecule has 2 rings (SSSR count). The summed E-state index contributed by atoms with van der Waals surface area (Å²) < 4.78 is 0. The van der Waals surface area contributed by atoms with E-state index >= 15 is 0 Å². The van der Waals surface area contributed by atoms with Crippen molar-refractivity contribution in [3.05, 3.63) is 64.7 Å². The molecule has 2 aromatic carbocycles. The third-order valence-electron chi connectivity index (χ3n) is 3.12. The third kappa shape index (κ3) is 3.34. The van der Waals surface area contributed by atoms with Crippen LogP contribution in [0.3, 0.4) is 0 Å². The van der Waals surface area contributed by atoms with Gasteiger partial charge in [-0.2, -0.15) is 0 Å². The van der Waals surface area contributed by atoms with Gasteiger partial charge in [0, 0.05) is 18.8 Å². The minimum absolute atomic E-state index is 0.813. The fourth-order valence-electron chi connectivity index (χ4n) is 2.02. The van der Waals surface area contributed by atoms with Gasteiger partial charge in [-0.1, -0.05) is 35.9 Å². The molecule has 0 aliphatic heterocycles. The lowest BCUT2D eigenvalue weighted by Gasteiger charge is -2.09. The van der Waals surface area contributed by atoms with Crippen LogP contribution in [0.5, 0.6) is 0 Å². The summed E-state index contributed by atoms with van der Waals surface area (Å²) in [6.07, 6.45) is 0.